The van der Waals surface area contributed by atoms with Gasteiger partial charge in [0.05, 0.1) is 0 Å². The van der Waals surface area contributed by atoms with Crippen molar-refractivity contribution in [2.24, 2.45) is 0 Å². The van der Waals surface area contributed by atoms with Crippen LogP contribution < -0.4 is 0 Å². The summed E-state index contributed by atoms with van der Waals surface area (Å²) in [5.41, 5.74) is 4.10. The van der Waals surface area contributed by atoms with E-state index in [1.54, 1.807) is 0 Å². The van der Waals surface area contributed by atoms with E-state index in [9.17, 15) is 0 Å². The van der Waals surface area contributed by atoms with Crippen LogP contribution in [0.1, 0.15) is 23.6 Å². The quantitative estimate of drug-likeness (QED) is 0.714. The van der Waals surface area contributed by atoms with E-state index in [0.717, 1.165) is 12.8 Å². The third-order valence-corrected chi connectivity index (χ3v) is 2.86. The Morgan fingerprint density at radius 3 is 2.29 bits per heavy atom. The second-order valence-electron chi connectivity index (χ2n) is 4.23. The van der Waals surface area contributed by atoms with E-state index < -0.39 is 0 Å². The number of benzene rings is 2. The van der Waals surface area contributed by atoms with Gasteiger partial charge in [-0.05, 0) is 36.5 Å². The zero-order valence-corrected chi connectivity index (χ0v) is 10.3. The molecular formula is C17H18. The topological polar surface area (TPSA) is 0 Å². The molecule has 0 saturated carbocycles. The van der Waals surface area contributed by atoms with Crippen LogP contribution >= 0.6 is 0 Å². The number of aryl methyl sites for hydroxylation is 2. The minimum absolute atomic E-state index is 1.11. The molecule has 0 heteroatoms. The summed E-state index contributed by atoms with van der Waals surface area (Å²) in [6, 6.07) is 19.4. The van der Waals surface area contributed by atoms with Crippen molar-refractivity contribution in [1.82, 2.24) is 0 Å². The minimum atomic E-state index is 1.11. The molecule has 0 radical (unpaired) electrons. The standard InChI is InChI=1S/C17H18/c1-2-7-16-10-6-11-17(14-16)13-12-15-8-4-3-5-9-15/h2-11,14H,12-13H2,1H3/b7-2+. The molecule has 2 aromatic rings. The summed E-state index contributed by atoms with van der Waals surface area (Å²) >= 11 is 0. The fourth-order valence-electron chi connectivity index (χ4n) is 1.98. The SMILES string of the molecule is C/C=C/c1cccc(CCc2ccccc2)c1. The molecule has 2 aromatic carbocycles. The summed E-state index contributed by atoms with van der Waals surface area (Å²) in [4.78, 5) is 0. The second kappa shape index (κ2) is 6.05. The van der Waals surface area contributed by atoms with Gasteiger partial charge < -0.3 is 0 Å². The molecule has 0 heterocycles. The van der Waals surface area contributed by atoms with Gasteiger partial charge in [-0.25, -0.2) is 0 Å². The number of hydrogen-bond acceptors (Lipinski definition) is 0. The zero-order valence-electron chi connectivity index (χ0n) is 10.3. The first-order valence-corrected chi connectivity index (χ1v) is 6.14. The molecule has 0 unspecified atom stereocenters. The molecular weight excluding hydrogens is 204 g/mol. The van der Waals surface area contributed by atoms with Crippen molar-refractivity contribution in [3.8, 4) is 0 Å². The van der Waals surface area contributed by atoms with Gasteiger partial charge in [-0.2, -0.15) is 0 Å². The van der Waals surface area contributed by atoms with Crippen LogP contribution in [0.3, 0.4) is 0 Å². The molecule has 0 aromatic heterocycles. The van der Waals surface area contributed by atoms with Crippen molar-refractivity contribution >= 4 is 6.08 Å². The third kappa shape index (κ3) is 3.60. The Bertz CT molecular complexity index is 480. The van der Waals surface area contributed by atoms with Crippen molar-refractivity contribution in [2.75, 3.05) is 0 Å². The molecule has 0 nitrogen and oxygen atoms in total. The molecule has 0 atom stereocenters. The van der Waals surface area contributed by atoms with Crippen LogP contribution in [0.4, 0.5) is 0 Å². The normalized spacial score (nSPS) is 10.9. The summed E-state index contributed by atoms with van der Waals surface area (Å²) in [6.45, 7) is 2.05. The first-order chi connectivity index (χ1) is 8.38. The molecule has 0 amide bonds. The predicted molar refractivity (Wildman–Crippen MR) is 75.0 cm³/mol. The first-order valence-electron chi connectivity index (χ1n) is 6.14. The molecule has 2 rings (SSSR count). The van der Waals surface area contributed by atoms with Gasteiger partial charge in [-0.1, -0.05) is 66.7 Å². The number of allylic oxidation sites excluding steroid dienone is 1. The highest BCUT2D eigenvalue weighted by Crippen LogP contribution is 2.10. The van der Waals surface area contributed by atoms with Gasteiger partial charge in [0.15, 0.2) is 0 Å². The van der Waals surface area contributed by atoms with Crippen molar-refractivity contribution < 1.29 is 0 Å². The Kier molecular flexibility index (Phi) is 4.15. The molecule has 0 N–H and O–H groups in total. The number of rotatable bonds is 4. The van der Waals surface area contributed by atoms with E-state index in [0.29, 0.717) is 0 Å². The monoisotopic (exact) mass is 222 g/mol. The van der Waals surface area contributed by atoms with Gasteiger partial charge in [-0.15, -0.1) is 0 Å². The molecule has 0 aliphatic rings. The summed E-state index contributed by atoms with van der Waals surface area (Å²) < 4.78 is 0. The van der Waals surface area contributed by atoms with Crippen LogP contribution in [0.5, 0.6) is 0 Å². The van der Waals surface area contributed by atoms with Gasteiger partial charge in [-0.3, -0.25) is 0 Å². The molecule has 0 fully saturated rings. The zero-order chi connectivity index (χ0) is 11.9. The van der Waals surface area contributed by atoms with Gasteiger partial charge in [0.1, 0.15) is 0 Å². The second-order valence-corrected chi connectivity index (χ2v) is 4.23. The molecule has 0 spiro atoms. The van der Waals surface area contributed by atoms with Crippen LogP contribution in [-0.4, -0.2) is 0 Å². The Morgan fingerprint density at radius 2 is 1.53 bits per heavy atom. The smallest absolute Gasteiger partial charge is 0.0238 e. The fraction of sp³-hybridized carbons (Fsp3) is 0.176. The highest BCUT2D eigenvalue weighted by atomic mass is 14.0. The van der Waals surface area contributed by atoms with E-state index >= 15 is 0 Å². The maximum Gasteiger partial charge on any atom is -0.0238 e. The van der Waals surface area contributed by atoms with E-state index in [1.165, 1.54) is 16.7 Å². The van der Waals surface area contributed by atoms with E-state index in [2.05, 4.69) is 73.7 Å². The van der Waals surface area contributed by atoms with E-state index in [-0.39, 0.29) is 0 Å². The van der Waals surface area contributed by atoms with Crippen LogP contribution in [-0.2, 0) is 12.8 Å². The van der Waals surface area contributed by atoms with Crippen LogP contribution in [0.2, 0.25) is 0 Å². The lowest BCUT2D eigenvalue weighted by Gasteiger charge is -2.03. The maximum atomic E-state index is 2.27. The van der Waals surface area contributed by atoms with Crippen molar-refractivity contribution in [2.45, 2.75) is 19.8 Å². The minimum Gasteiger partial charge on any atom is -0.0871 e. The number of hydrogen-bond donors (Lipinski definition) is 0. The van der Waals surface area contributed by atoms with Crippen molar-refractivity contribution in [3.05, 3.63) is 77.4 Å². The van der Waals surface area contributed by atoms with Crippen LogP contribution in [0, 0.1) is 0 Å². The lowest BCUT2D eigenvalue weighted by Crippen LogP contribution is -1.91. The lowest BCUT2D eigenvalue weighted by molar-refractivity contribution is 0.960. The Hall–Kier alpha value is -1.82. The summed E-state index contributed by atoms with van der Waals surface area (Å²) in [5, 5.41) is 0. The Balaban J connectivity index is 2.02. The van der Waals surface area contributed by atoms with Crippen molar-refractivity contribution in [1.29, 1.82) is 0 Å². The van der Waals surface area contributed by atoms with Gasteiger partial charge in [0.25, 0.3) is 0 Å². The van der Waals surface area contributed by atoms with E-state index in [1.807, 2.05) is 0 Å². The molecule has 17 heavy (non-hydrogen) atoms. The molecule has 0 saturated heterocycles. The molecule has 0 bridgehead atoms. The highest BCUT2D eigenvalue weighted by molar-refractivity contribution is 5.49. The van der Waals surface area contributed by atoms with Crippen LogP contribution in [0.25, 0.3) is 6.08 Å². The van der Waals surface area contributed by atoms with Gasteiger partial charge in [0.2, 0.25) is 0 Å². The van der Waals surface area contributed by atoms with Crippen LogP contribution in [0.15, 0.2) is 60.7 Å². The molecule has 86 valence electrons. The average molecular weight is 222 g/mol. The van der Waals surface area contributed by atoms with Crippen molar-refractivity contribution in [3.63, 3.8) is 0 Å². The fourth-order valence-corrected chi connectivity index (χ4v) is 1.98. The lowest BCUT2D eigenvalue weighted by atomic mass is 10.0. The van der Waals surface area contributed by atoms with Gasteiger partial charge in [0, 0.05) is 0 Å². The summed E-state index contributed by atoms with van der Waals surface area (Å²) in [5.74, 6) is 0. The molecule has 0 aliphatic carbocycles. The predicted octanol–water partition coefficient (Wildman–Crippen LogP) is 4.50. The average Bonchev–Trinajstić information content (AvgIpc) is 2.39. The maximum absolute atomic E-state index is 2.27. The third-order valence-electron chi connectivity index (χ3n) is 2.86. The largest absolute Gasteiger partial charge is 0.0871 e. The first kappa shape index (κ1) is 11.7. The highest BCUT2D eigenvalue weighted by Gasteiger charge is 1.96. The Morgan fingerprint density at radius 1 is 0.824 bits per heavy atom. The summed E-state index contributed by atoms with van der Waals surface area (Å²) in [7, 11) is 0. The Labute approximate surface area is 104 Å². The van der Waals surface area contributed by atoms with E-state index in [4.69, 9.17) is 0 Å². The summed E-state index contributed by atoms with van der Waals surface area (Å²) in [6.07, 6.45) is 6.44. The molecule has 0 aliphatic heterocycles. The van der Waals surface area contributed by atoms with Gasteiger partial charge >= 0.3 is 0 Å².